The number of sulfonamides is 1. The van der Waals surface area contributed by atoms with Crippen molar-refractivity contribution >= 4 is 39.2 Å². The fourth-order valence-corrected chi connectivity index (χ4v) is 4.22. The summed E-state index contributed by atoms with van der Waals surface area (Å²) in [5, 5.41) is 9.81. The highest BCUT2D eigenvalue weighted by atomic mass is 35.5. The molecule has 0 amide bonds. The Morgan fingerprint density at radius 3 is 2.57 bits per heavy atom. The third-order valence-electron chi connectivity index (χ3n) is 3.68. The highest BCUT2D eigenvalue weighted by Gasteiger charge is 2.44. The fourth-order valence-electron chi connectivity index (χ4n) is 2.26. The summed E-state index contributed by atoms with van der Waals surface area (Å²) in [5.74, 6) is -1.20. The summed E-state index contributed by atoms with van der Waals surface area (Å²) in [4.78, 5) is 11.2. The van der Waals surface area contributed by atoms with E-state index in [0.717, 1.165) is 0 Å². The van der Waals surface area contributed by atoms with Crippen LogP contribution in [0.4, 0.5) is 0 Å². The largest absolute Gasteiger partial charge is 0.481 e. The van der Waals surface area contributed by atoms with Gasteiger partial charge in [-0.2, -0.15) is 0 Å². The second-order valence-corrected chi connectivity index (χ2v) is 8.24. The van der Waals surface area contributed by atoms with Crippen LogP contribution in [0.2, 0.25) is 10.0 Å². The van der Waals surface area contributed by atoms with E-state index in [1.807, 2.05) is 0 Å². The summed E-state index contributed by atoms with van der Waals surface area (Å²) >= 11 is 11.7. The Morgan fingerprint density at radius 1 is 1.38 bits per heavy atom. The van der Waals surface area contributed by atoms with Crippen molar-refractivity contribution in [3.63, 3.8) is 0 Å². The number of carboxylic acid groups (broad SMARTS) is 1. The molecular weight excluding hydrogens is 337 g/mol. The molecular formula is C13H15Cl2NO4S. The molecule has 1 heterocycles. The first-order chi connectivity index (χ1) is 9.64. The molecule has 1 aliphatic rings. The van der Waals surface area contributed by atoms with Crippen molar-refractivity contribution < 1.29 is 18.3 Å². The summed E-state index contributed by atoms with van der Waals surface area (Å²) in [7, 11) is -3.58. The zero-order chi connectivity index (χ0) is 15.8. The monoisotopic (exact) mass is 351 g/mol. The molecule has 0 aromatic heterocycles. The molecule has 1 atom stereocenters. The molecule has 1 N–H and O–H groups in total. The first-order valence-corrected chi connectivity index (χ1v) is 8.66. The second kappa shape index (κ2) is 5.76. The van der Waals surface area contributed by atoms with Crippen LogP contribution in [-0.2, 0) is 20.6 Å². The third kappa shape index (κ3) is 3.51. The van der Waals surface area contributed by atoms with Gasteiger partial charge in [0.25, 0.3) is 0 Å². The molecule has 0 aliphatic carbocycles. The zero-order valence-electron chi connectivity index (χ0n) is 11.3. The van der Waals surface area contributed by atoms with E-state index in [1.165, 1.54) is 10.4 Å². The molecule has 8 heteroatoms. The molecule has 0 spiro atoms. The first-order valence-electron chi connectivity index (χ1n) is 6.29. The molecule has 116 valence electrons. The summed E-state index contributed by atoms with van der Waals surface area (Å²) in [6.45, 7) is 1.77. The number of halogens is 2. The second-order valence-electron chi connectivity index (χ2n) is 5.45. The number of aliphatic carboxylic acids is 1. The minimum Gasteiger partial charge on any atom is -0.481 e. The smallest absolute Gasteiger partial charge is 0.310 e. The van der Waals surface area contributed by atoms with Crippen LogP contribution in [0.15, 0.2) is 18.2 Å². The minimum absolute atomic E-state index is 0.00795. The molecule has 5 nitrogen and oxygen atoms in total. The molecule has 1 aromatic carbocycles. The molecule has 21 heavy (non-hydrogen) atoms. The van der Waals surface area contributed by atoms with Gasteiger partial charge < -0.3 is 5.11 Å². The van der Waals surface area contributed by atoms with Crippen LogP contribution in [0, 0.1) is 5.41 Å². The van der Waals surface area contributed by atoms with Gasteiger partial charge in [-0.05, 0) is 31.0 Å². The van der Waals surface area contributed by atoms with Gasteiger partial charge in [0.15, 0.2) is 0 Å². The topological polar surface area (TPSA) is 74.7 Å². The van der Waals surface area contributed by atoms with Crippen LogP contribution in [0.25, 0.3) is 0 Å². The predicted molar refractivity (Wildman–Crippen MR) is 81.0 cm³/mol. The molecule has 1 saturated heterocycles. The van der Waals surface area contributed by atoms with Crippen LogP contribution >= 0.6 is 23.2 Å². The highest BCUT2D eigenvalue weighted by molar-refractivity contribution is 7.88. The molecule has 0 saturated carbocycles. The molecule has 1 unspecified atom stereocenters. The number of carbonyl (C=O) groups is 1. The van der Waals surface area contributed by atoms with Gasteiger partial charge in [-0.25, -0.2) is 12.7 Å². The van der Waals surface area contributed by atoms with E-state index >= 15 is 0 Å². The van der Waals surface area contributed by atoms with Crippen molar-refractivity contribution in [2.45, 2.75) is 19.1 Å². The van der Waals surface area contributed by atoms with Crippen molar-refractivity contribution in [3.8, 4) is 0 Å². The number of nitrogens with zero attached hydrogens (tertiary/aromatic N) is 1. The Labute approximate surface area is 133 Å². The van der Waals surface area contributed by atoms with Gasteiger partial charge in [-0.3, -0.25) is 4.79 Å². The lowest BCUT2D eigenvalue weighted by molar-refractivity contribution is -0.146. The van der Waals surface area contributed by atoms with Crippen molar-refractivity contribution in [2.75, 3.05) is 13.1 Å². The van der Waals surface area contributed by atoms with Crippen molar-refractivity contribution in [2.24, 2.45) is 5.41 Å². The Balaban J connectivity index is 2.16. The lowest BCUT2D eigenvalue weighted by atomic mass is 9.90. The van der Waals surface area contributed by atoms with Gasteiger partial charge in [-0.15, -0.1) is 0 Å². The van der Waals surface area contributed by atoms with Gasteiger partial charge in [0.2, 0.25) is 10.0 Å². The van der Waals surface area contributed by atoms with E-state index < -0.39 is 21.4 Å². The Hall–Kier alpha value is -0.820. The minimum atomic E-state index is -3.58. The number of rotatable bonds is 4. The van der Waals surface area contributed by atoms with Gasteiger partial charge in [-0.1, -0.05) is 29.3 Å². The van der Waals surface area contributed by atoms with Gasteiger partial charge in [0.05, 0.1) is 21.2 Å². The Bertz CT molecular complexity index is 677. The van der Waals surface area contributed by atoms with Crippen LogP contribution in [0.3, 0.4) is 0 Å². The number of carboxylic acids is 1. The normalized spacial score (nSPS) is 23.4. The van der Waals surface area contributed by atoms with Gasteiger partial charge in [0.1, 0.15) is 0 Å². The van der Waals surface area contributed by atoms with E-state index in [1.54, 1.807) is 19.1 Å². The maximum absolute atomic E-state index is 12.4. The van der Waals surface area contributed by atoms with Crippen molar-refractivity contribution in [1.82, 2.24) is 4.31 Å². The van der Waals surface area contributed by atoms with E-state index in [-0.39, 0.29) is 18.8 Å². The Kier molecular flexibility index (Phi) is 4.54. The summed E-state index contributed by atoms with van der Waals surface area (Å²) in [6.07, 6.45) is 0.308. The maximum atomic E-state index is 12.4. The number of benzene rings is 1. The quantitative estimate of drug-likeness (QED) is 0.904. The van der Waals surface area contributed by atoms with Crippen LogP contribution < -0.4 is 0 Å². The SMILES string of the molecule is CC1(C(=O)O)CCN(S(=O)(=O)Cc2ccc(Cl)c(Cl)c2)C1. The predicted octanol–water partition coefficient (Wildman–Crippen LogP) is 2.62. The van der Waals surface area contributed by atoms with Crippen molar-refractivity contribution in [3.05, 3.63) is 33.8 Å². The van der Waals surface area contributed by atoms with Crippen molar-refractivity contribution in [1.29, 1.82) is 0 Å². The summed E-state index contributed by atoms with van der Waals surface area (Å²) in [5.41, 5.74) is -0.502. The molecule has 1 aliphatic heterocycles. The first kappa shape index (κ1) is 16.5. The van der Waals surface area contributed by atoms with E-state index in [4.69, 9.17) is 28.3 Å². The average Bonchev–Trinajstić information content (AvgIpc) is 2.79. The lowest BCUT2D eigenvalue weighted by Gasteiger charge is -2.20. The molecule has 0 bridgehead atoms. The van der Waals surface area contributed by atoms with Gasteiger partial charge >= 0.3 is 5.97 Å². The van der Waals surface area contributed by atoms with Crippen LogP contribution in [0.5, 0.6) is 0 Å². The lowest BCUT2D eigenvalue weighted by Crippen LogP contribution is -2.35. The molecule has 1 fully saturated rings. The highest BCUT2D eigenvalue weighted by Crippen LogP contribution is 2.33. The molecule has 1 aromatic rings. The molecule has 2 rings (SSSR count). The fraction of sp³-hybridized carbons (Fsp3) is 0.462. The van der Waals surface area contributed by atoms with Crippen LogP contribution in [0.1, 0.15) is 18.9 Å². The van der Waals surface area contributed by atoms with E-state index in [0.29, 0.717) is 22.0 Å². The summed E-state index contributed by atoms with van der Waals surface area (Å²) < 4.78 is 26.0. The van der Waals surface area contributed by atoms with Gasteiger partial charge in [0, 0.05) is 13.1 Å². The molecule has 0 radical (unpaired) electrons. The standard InChI is InChI=1S/C13H15Cl2NO4S/c1-13(12(17)18)4-5-16(8-13)21(19,20)7-9-2-3-10(14)11(15)6-9/h2-3,6H,4-5,7-8H2,1H3,(H,17,18). The van der Waals surface area contributed by atoms with E-state index in [9.17, 15) is 13.2 Å². The maximum Gasteiger partial charge on any atom is 0.310 e. The third-order valence-corrected chi connectivity index (χ3v) is 6.22. The van der Waals surface area contributed by atoms with Crippen LogP contribution in [-0.4, -0.2) is 36.9 Å². The average molecular weight is 352 g/mol. The number of hydrogen-bond acceptors (Lipinski definition) is 3. The van der Waals surface area contributed by atoms with E-state index in [2.05, 4.69) is 0 Å². The zero-order valence-corrected chi connectivity index (χ0v) is 13.7. The number of hydrogen-bond donors (Lipinski definition) is 1. The Morgan fingerprint density at radius 2 is 2.05 bits per heavy atom. The summed E-state index contributed by atoms with van der Waals surface area (Å²) in [6, 6.07) is 4.65.